The van der Waals surface area contributed by atoms with Gasteiger partial charge < -0.3 is 20.5 Å². The number of amidine groups is 1. The molecule has 2 aliphatic heterocycles. The molecule has 0 unspecified atom stereocenters. The van der Waals surface area contributed by atoms with Crippen molar-refractivity contribution in [1.29, 1.82) is 0 Å². The van der Waals surface area contributed by atoms with Crippen molar-refractivity contribution in [2.24, 2.45) is 16.8 Å². The molecule has 152 valence electrons. The summed E-state index contributed by atoms with van der Waals surface area (Å²) in [5.74, 6) is -1.92. The minimum atomic E-state index is -0.600. The molecule has 1 saturated heterocycles. The molecule has 2 aliphatic rings. The van der Waals surface area contributed by atoms with E-state index in [1.165, 1.54) is 18.5 Å². The van der Waals surface area contributed by atoms with Crippen LogP contribution in [0.1, 0.15) is 40.9 Å². The molecular weight excluding hydrogens is 401 g/mol. The number of fused-ring (bicyclic) bond motifs is 2. The van der Waals surface area contributed by atoms with Crippen molar-refractivity contribution in [3.8, 4) is 0 Å². The van der Waals surface area contributed by atoms with Crippen molar-refractivity contribution >= 4 is 29.3 Å². The fourth-order valence-electron chi connectivity index (χ4n) is 3.85. The predicted octanol–water partition coefficient (Wildman–Crippen LogP) is 2.23. The lowest BCUT2D eigenvalue weighted by Crippen LogP contribution is -2.48. The number of nitrogens with one attached hydrogen (secondary N) is 1. The van der Waals surface area contributed by atoms with Crippen molar-refractivity contribution in [3.63, 3.8) is 0 Å². The Labute approximate surface area is 170 Å². The van der Waals surface area contributed by atoms with Gasteiger partial charge in [-0.25, -0.2) is 9.78 Å². The average molecular weight is 420 g/mol. The first-order chi connectivity index (χ1) is 13.9. The van der Waals surface area contributed by atoms with Gasteiger partial charge in [0.15, 0.2) is 5.84 Å². The largest absolute Gasteiger partial charge is 0.379 e. The number of oxime groups is 1. The normalized spacial score (nSPS) is 21.9. The maximum absolute atomic E-state index is 13.4. The quantitative estimate of drug-likeness (QED) is 0.260. The van der Waals surface area contributed by atoms with Crippen LogP contribution in [0.2, 0.25) is 5.02 Å². The highest BCUT2D eigenvalue weighted by molar-refractivity contribution is 6.31. The molecule has 10 heteroatoms. The summed E-state index contributed by atoms with van der Waals surface area (Å²) in [5, 5.41) is 4.13. The van der Waals surface area contributed by atoms with Crippen molar-refractivity contribution in [3.05, 3.63) is 52.3 Å². The maximum atomic E-state index is 13.4. The summed E-state index contributed by atoms with van der Waals surface area (Å²) in [6.07, 6.45) is 5.33. The van der Waals surface area contributed by atoms with Gasteiger partial charge in [-0.3, -0.25) is 4.79 Å². The highest BCUT2D eigenvalue weighted by Crippen LogP contribution is 2.31. The topological polar surface area (TPSA) is 114 Å². The zero-order valence-electron chi connectivity index (χ0n) is 15.4. The number of H-pyrrole nitrogens is 1. The van der Waals surface area contributed by atoms with Crippen LogP contribution in [0.25, 0.3) is 0 Å². The summed E-state index contributed by atoms with van der Waals surface area (Å²) in [6, 6.07) is 2.86. The standard InChI is InChI=1S/C19H19ClFN5O3/c20-12-6-15(23-7-12)17(22)25-29-19(28)11-2-4-13-3-1-10-5-16(21)24-8-14(10)18(27)26(13)9-11/h5-8,11,13,23H,1-4,9H2,(H2,22,25)/t11-,13+/m0/s1. The number of hydrogen-bond donors (Lipinski definition) is 2. The molecule has 4 heterocycles. The number of carbonyl (C=O) groups is 2. The van der Waals surface area contributed by atoms with E-state index in [4.69, 9.17) is 22.2 Å². The summed E-state index contributed by atoms with van der Waals surface area (Å²) in [7, 11) is 0. The number of aromatic nitrogens is 2. The number of piperidine rings is 1. The number of hydrogen-bond acceptors (Lipinski definition) is 5. The first-order valence-electron chi connectivity index (χ1n) is 9.26. The van der Waals surface area contributed by atoms with Crippen molar-refractivity contribution in [2.45, 2.75) is 31.7 Å². The molecule has 0 spiro atoms. The van der Waals surface area contributed by atoms with Gasteiger partial charge >= 0.3 is 5.97 Å². The second-order valence-corrected chi connectivity index (χ2v) is 7.64. The molecule has 2 aromatic heterocycles. The van der Waals surface area contributed by atoms with Gasteiger partial charge in [-0.15, -0.1) is 0 Å². The molecule has 29 heavy (non-hydrogen) atoms. The second-order valence-electron chi connectivity index (χ2n) is 7.21. The zero-order chi connectivity index (χ0) is 20.5. The summed E-state index contributed by atoms with van der Waals surface area (Å²) >= 11 is 5.81. The van der Waals surface area contributed by atoms with Gasteiger partial charge in [-0.05, 0) is 43.4 Å². The lowest BCUT2D eigenvalue weighted by atomic mass is 9.91. The van der Waals surface area contributed by atoms with E-state index in [2.05, 4.69) is 15.1 Å². The molecule has 0 aromatic carbocycles. The summed E-state index contributed by atoms with van der Waals surface area (Å²) in [6.45, 7) is 0.211. The Kier molecular flexibility index (Phi) is 5.23. The monoisotopic (exact) mass is 419 g/mol. The van der Waals surface area contributed by atoms with Gasteiger partial charge in [0.1, 0.15) is 0 Å². The van der Waals surface area contributed by atoms with Crippen LogP contribution < -0.4 is 5.73 Å². The third kappa shape index (κ3) is 3.95. The number of halogens is 2. The van der Waals surface area contributed by atoms with Gasteiger partial charge in [-0.1, -0.05) is 16.8 Å². The Morgan fingerprint density at radius 2 is 2.21 bits per heavy atom. The smallest absolute Gasteiger partial charge is 0.339 e. The number of nitrogens with two attached hydrogens (primary N) is 1. The Hall–Kier alpha value is -2.94. The number of rotatable bonds is 3. The Balaban J connectivity index is 1.46. The molecule has 2 aromatic rings. The van der Waals surface area contributed by atoms with Crippen LogP contribution in [-0.4, -0.2) is 45.2 Å². The van der Waals surface area contributed by atoms with Gasteiger partial charge in [0.25, 0.3) is 5.91 Å². The molecular formula is C19H19ClFN5O3. The number of carbonyl (C=O) groups excluding carboxylic acids is 2. The lowest BCUT2D eigenvalue weighted by molar-refractivity contribution is -0.150. The van der Waals surface area contributed by atoms with Crippen LogP contribution in [0.3, 0.4) is 0 Å². The van der Waals surface area contributed by atoms with E-state index in [1.54, 1.807) is 11.0 Å². The molecule has 8 nitrogen and oxygen atoms in total. The fraction of sp³-hybridized carbons (Fsp3) is 0.368. The van der Waals surface area contributed by atoms with Crippen molar-refractivity contribution in [2.75, 3.05) is 6.54 Å². The van der Waals surface area contributed by atoms with Gasteiger partial charge in [-0.2, -0.15) is 4.39 Å². The van der Waals surface area contributed by atoms with E-state index in [0.29, 0.717) is 47.5 Å². The number of amides is 1. The molecule has 1 amide bonds. The van der Waals surface area contributed by atoms with E-state index in [-0.39, 0.29) is 24.3 Å². The van der Waals surface area contributed by atoms with Crippen molar-refractivity contribution in [1.82, 2.24) is 14.9 Å². The van der Waals surface area contributed by atoms with E-state index in [0.717, 1.165) is 0 Å². The zero-order valence-corrected chi connectivity index (χ0v) is 16.2. The number of aryl methyl sites for hydroxylation is 1. The van der Waals surface area contributed by atoms with Crippen LogP contribution in [0.5, 0.6) is 0 Å². The first-order valence-corrected chi connectivity index (χ1v) is 9.64. The van der Waals surface area contributed by atoms with Gasteiger partial charge in [0, 0.05) is 25.0 Å². The lowest BCUT2D eigenvalue weighted by Gasteiger charge is -2.37. The van der Waals surface area contributed by atoms with E-state index < -0.39 is 17.8 Å². The third-order valence-corrected chi connectivity index (χ3v) is 5.61. The number of pyridine rings is 1. The first kappa shape index (κ1) is 19.4. The molecule has 1 fully saturated rings. The Morgan fingerprint density at radius 3 is 2.97 bits per heavy atom. The Bertz CT molecular complexity index is 992. The molecule has 2 atom stereocenters. The molecule has 0 aliphatic carbocycles. The minimum Gasteiger partial charge on any atom is -0.379 e. The Morgan fingerprint density at radius 1 is 1.38 bits per heavy atom. The maximum Gasteiger partial charge on any atom is 0.339 e. The summed E-state index contributed by atoms with van der Waals surface area (Å²) in [5.41, 5.74) is 7.25. The highest BCUT2D eigenvalue weighted by Gasteiger charge is 2.38. The molecule has 0 saturated carbocycles. The fourth-order valence-corrected chi connectivity index (χ4v) is 4.01. The van der Waals surface area contributed by atoms with Gasteiger partial charge in [0.05, 0.1) is 22.2 Å². The van der Waals surface area contributed by atoms with Crippen LogP contribution in [0.4, 0.5) is 4.39 Å². The molecule has 4 rings (SSSR count). The van der Waals surface area contributed by atoms with Crippen LogP contribution in [-0.2, 0) is 16.1 Å². The molecule has 3 N–H and O–H groups in total. The van der Waals surface area contributed by atoms with Gasteiger partial charge in [0.2, 0.25) is 5.95 Å². The summed E-state index contributed by atoms with van der Waals surface area (Å²) in [4.78, 5) is 38.5. The van der Waals surface area contributed by atoms with Crippen LogP contribution in [0, 0.1) is 11.9 Å². The molecule has 0 bridgehead atoms. The van der Waals surface area contributed by atoms with Crippen LogP contribution in [0.15, 0.2) is 29.7 Å². The molecule has 0 radical (unpaired) electrons. The second kappa shape index (κ2) is 7.82. The number of nitrogens with zero attached hydrogens (tertiary/aromatic N) is 3. The third-order valence-electron chi connectivity index (χ3n) is 5.39. The van der Waals surface area contributed by atoms with Crippen molar-refractivity contribution < 1.29 is 18.8 Å². The van der Waals surface area contributed by atoms with E-state index in [9.17, 15) is 14.0 Å². The minimum absolute atomic E-state index is 0.00311. The SMILES string of the molecule is N/C(=N\OC(=O)[C@H]1CC[C@H]2CCc3cc(F)ncc3C(=O)N2C1)c1cc(Cl)c[nH]1. The highest BCUT2D eigenvalue weighted by atomic mass is 35.5. The van der Waals surface area contributed by atoms with Crippen LogP contribution >= 0.6 is 11.6 Å². The van der Waals surface area contributed by atoms with E-state index >= 15 is 0 Å². The number of aromatic amines is 1. The summed E-state index contributed by atoms with van der Waals surface area (Å²) < 4.78 is 13.4. The van der Waals surface area contributed by atoms with E-state index in [1.807, 2.05) is 0 Å². The average Bonchev–Trinajstić information content (AvgIpc) is 3.10. The predicted molar refractivity (Wildman–Crippen MR) is 103 cm³/mol.